The van der Waals surface area contributed by atoms with E-state index in [1.165, 1.54) is 20.3 Å². The van der Waals surface area contributed by atoms with E-state index in [-0.39, 0.29) is 12.0 Å². The van der Waals surface area contributed by atoms with Crippen molar-refractivity contribution < 1.29 is 28.2 Å². The van der Waals surface area contributed by atoms with Gasteiger partial charge in [0.1, 0.15) is 17.1 Å². The Bertz CT molecular complexity index is 1060. The number of fused-ring (bicyclic) bond motifs is 1. The Morgan fingerprint density at radius 2 is 1.87 bits per heavy atom. The summed E-state index contributed by atoms with van der Waals surface area (Å²) in [4.78, 5) is 41.1. The first-order valence-corrected chi connectivity index (χ1v) is 10.0. The SMILES string of the molecule is CC[C@]1(C(=O)OC)N[C@H](c2ccccc2F)[C@@H]2C(=O)N(c3cccc(OC)c3)C(=O)[C@@H]21. The Hall–Kier alpha value is -3.26. The van der Waals surface area contributed by atoms with Gasteiger partial charge >= 0.3 is 5.97 Å². The summed E-state index contributed by atoms with van der Waals surface area (Å²) in [7, 11) is 2.72. The number of rotatable bonds is 5. The van der Waals surface area contributed by atoms with E-state index in [4.69, 9.17) is 9.47 Å². The van der Waals surface area contributed by atoms with Crippen LogP contribution in [0.25, 0.3) is 0 Å². The number of carbonyl (C=O) groups is 3. The predicted octanol–water partition coefficient (Wildman–Crippen LogP) is 2.61. The number of nitrogens with one attached hydrogen (secondary N) is 1. The maximum Gasteiger partial charge on any atom is 0.326 e. The molecule has 2 heterocycles. The molecule has 0 radical (unpaired) electrons. The van der Waals surface area contributed by atoms with Crippen LogP contribution in [0.3, 0.4) is 0 Å². The standard InChI is InChI=1S/C23H23FN2O5/c1-4-23(22(29)31-3)18-17(19(25-23)15-10-5-6-11-16(15)24)20(27)26(21(18)28)13-8-7-9-14(12-13)30-2/h5-12,17-19,25H,4H2,1-3H3/t17-,18-,19-,23+/m1/s1. The van der Waals surface area contributed by atoms with Crippen molar-refractivity contribution in [2.24, 2.45) is 11.8 Å². The number of hydrogen-bond donors (Lipinski definition) is 1. The van der Waals surface area contributed by atoms with Crippen LogP contribution < -0.4 is 15.0 Å². The molecule has 0 saturated carbocycles. The summed E-state index contributed by atoms with van der Waals surface area (Å²) in [5.74, 6) is -3.71. The molecule has 2 aliphatic heterocycles. The van der Waals surface area contributed by atoms with Gasteiger partial charge in [0.15, 0.2) is 0 Å². The van der Waals surface area contributed by atoms with Gasteiger partial charge in [-0.15, -0.1) is 0 Å². The summed E-state index contributed by atoms with van der Waals surface area (Å²) in [5.41, 5.74) is -0.886. The van der Waals surface area contributed by atoms with Gasteiger partial charge in [-0.25, -0.2) is 9.29 Å². The molecule has 2 aromatic rings. The van der Waals surface area contributed by atoms with Gasteiger partial charge in [0.05, 0.1) is 31.7 Å². The molecule has 2 fully saturated rings. The number of ether oxygens (including phenoxy) is 2. The Labute approximate surface area is 179 Å². The van der Waals surface area contributed by atoms with Crippen LogP contribution in [0.5, 0.6) is 5.75 Å². The van der Waals surface area contributed by atoms with Gasteiger partial charge in [-0.2, -0.15) is 0 Å². The fraction of sp³-hybridized carbons (Fsp3) is 0.348. The molecule has 2 saturated heterocycles. The molecule has 2 amide bonds. The molecule has 31 heavy (non-hydrogen) atoms. The van der Waals surface area contributed by atoms with Gasteiger partial charge in [-0.3, -0.25) is 19.7 Å². The normalized spacial score (nSPS) is 27.4. The molecule has 0 aromatic heterocycles. The number of halogens is 1. The number of benzene rings is 2. The summed E-state index contributed by atoms with van der Waals surface area (Å²) in [5, 5.41) is 3.11. The van der Waals surface area contributed by atoms with E-state index in [2.05, 4.69) is 5.32 Å². The highest BCUT2D eigenvalue weighted by molar-refractivity contribution is 6.24. The number of amides is 2. The van der Waals surface area contributed by atoms with Crippen LogP contribution in [0, 0.1) is 17.7 Å². The lowest BCUT2D eigenvalue weighted by Gasteiger charge is -2.31. The Morgan fingerprint density at radius 1 is 1.13 bits per heavy atom. The summed E-state index contributed by atoms with van der Waals surface area (Å²) < 4.78 is 24.9. The minimum atomic E-state index is -1.45. The summed E-state index contributed by atoms with van der Waals surface area (Å²) in [6, 6.07) is 11.7. The minimum Gasteiger partial charge on any atom is -0.497 e. The van der Waals surface area contributed by atoms with E-state index in [0.717, 1.165) is 4.90 Å². The van der Waals surface area contributed by atoms with Gasteiger partial charge in [-0.1, -0.05) is 31.2 Å². The molecular formula is C23H23FN2O5. The Morgan fingerprint density at radius 3 is 2.52 bits per heavy atom. The van der Waals surface area contributed by atoms with Crippen molar-refractivity contribution >= 4 is 23.5 Å². The second-order valence-electron chi connectivity index (χ2n) is 7.68. The number of imide groups is 1. The van der Waals surface area contributed by atoms with Crippen LogP contribution in [0.4, 0.5) is 10.1 Å². The first kappa shape index (κ1) is 21.0. The van der Waals surface area contributed by atoms with Gasteiger partial charge in [0, 0.05) is 17.7 Å². The third-order valence-electron chi connectivity index (χ3n) is 6.31. The molecule has 0 spiro atoms. The van der Waals surface area contributed by atoms with Crippen molar-refractivity contribution in [1.82, 2.24) is 5.32 Å². The van der Waals surface area contributed by atoms with Gasteiger partial charge in [0.2, 0.25) is 11.8 Å². The van der Waals surface area contributed by atoms with Crippen molar-refractivity contribution in [3.8, 4) is 5.75 Å². The molecule has 162 valence electrons. The Kier molecular flexibility index (Phi) is 5.26. The number of anilines is 1. The molecule has 2 aliphatic rings. The lowest BCUT2D eigenvalue weighted by molar-refractivity contribution is -0.152. The molecule has 4 rings (SSSR count). The number of methoxy groups -OCH3 is 2. The zero-order valence-corrected chi connectivity index (χ0v) is 17.4. The number of esters is 1. The van der Waals surface area contributed by atoms with Crippen LogP contribution >= 0.6 is 0 Å². The van der Waals surface area contributed by atoms with Crippen molar-refractivity contribution in [1.29, 1.82) is 0 Å². The van der Waals surface area contributed by atoms with E-state index in [1.807, 2.05) is 0 Å². The van der Waals surface area contributed by atoms with Crippen LogP contribution in [0.2, 0.25) is 0 Å². The van der Waals surface area contributed by atoms with Crippen LogP contribution in [0.1, 0.15) is 24.9 Å². The third kappa shape index (κ3) is 3.01. The molecule has 4 atom stereocenters. The lowest BCUT2D eigenvalue weighted by Crippen LogP contribution is -2.56. The summed E-state index contributed by atoms with van der Waals surface area (Å²) in [6.45, 7) is 1.73. The topological polar surface area (TPSA) is 84.9 Å². The second-order valence-corrected chi connectivity index (χ2v) is 7.68. The van der Waals surface area contributed by atoms with Crippen LogP contribution in [-0.4, -0.2) is 37.5 Å². The van der Waals surface area contributed by atoms with E-state index in [0.29, 0.717) is 11.4 Å². The average molecular weight is 426 g/mol. The molecule has 0 aliphatic carbocycles. The molecular weight excluding hydrogens is 403 g/mol. The molecule has 7 nitrogen and oxygen atoms in total. The maximum absolute atomic E-state index is 14.7. The largest absolute Gasteiger partial charge is 0.497 e. The van der Waals surface area contributed by atoms with Gasteiger partial charge < -0.3 is 9.47 Å². The zero-order chi connectivity index (χ0) is 22.3. The first-order chi connectivity index (χ1) is 14.9. The van der Waals surface area contributed by atoms with Crippen molar-refractivity contribution in [2.45, 2.75) is 24.9 Å². The molecule has 8 heteroatoms. The maximum atomic E-state index is 14.7. The highest BCUT2D eigenvalue weighted by atomic mass is 19.1. The molecule has 0 unspecified atom stereocenters. The minimum absolute atomic E-state index is 0.191. The zero-order valence-electron chi connectivity index (χ0n) is 17.4. The highest BCUT2D eigenvalue weighted by Crippen LogP contribution is 2.51. The fourth-order valence-electron chi connectivity index (χ4n) is 4.84. The summed E-state index contributed by atoms with van der Waals surface area (Å²) >= 11 is 0. The Balaban J connectivity index is 1.87. The molecule has 1 N–H and O–H groups in total. The predicted molar refractivity (Wildman–Crippen MR) is 110 cm³/mol. The van der Waals surface area contributed by atoms with Gasteiger partial charge in [-0.05, 0) is 24.6 Å². The number of hydrogen-bond acceptors (Lipinski definition) is 6. The van der Waals surface area contributed by atoms with E-state index < -0.39 is 47.0 Å². The second kappa shape index (κ2) is 7.77. The molecule has 0 bridgehead atoms. The summed E-state index contributed by atoms with van der Waals surface area (Å²) in [6.07, 6.45) is 0.191. The number of carbonyl (C=O) groups excluding carboxylic acids is 3. The van der Waals surface area contributed by atoms with Gasteiger partial charge in [0.25, 0.3) is 0 Å². The van der Waals surface area contributed by atoms with Crippen molar-refractivity contribution in [3.05, 3.63) is 59.9 Å². The molecule has 2 aromatic carbocycles. The third-order valence-corrected chi connectivity index (χ3v) is 6.31. The van der Waals surface area contributed by atoms with Crippen molar-refractivity contribution in [2.75, 3.05) is 19.1 Å². The lowest BCUT2D eigenvalue weighted by atomic mass is 9.78. The first-order valence-electron chi connectivity index (χ1n) is 10.0. The quantitative estimate of drug-likeness (QED) is 0.585. The van der Waals surface area contributed by atoms with E-state index in [1.54, 1.807) is 49.4 Å². The smallest absolute Gasteiger partial charge is 0.326 e. The van der Waals surface area contributed by atoms with Crippen LogP contribution in [0.15, 0.2) is 48.5 Å². The monoisotopic (exact) mass is 426 g/mol. The number of nitrogens with zero attached hydrogens (tertiary/aromatic N) is 1. The highest BCUT2D eigenvalue weighted by Gasteiger charge is 2.68. The fourth-order valence-corrected chi connectivity index (χ4v) is 4.84. The van der Waals surface area contributed by atoms with Crippen LogP contribution in [-0.2, 0) is 19.1 Å². The van der Waals surface area contributed by atoms with E-state index in [9.17, 15) is 18.8 Å². The van der Waals surface area contributed by atoms with Crippen molar-refractivity contribution in [3.63, 3.8) is 0 Å². The average Bonchev–Trinajstić information content (AvgIpc) is 3.27. The van der Waals surface area contributed by atoms with E-state index >= 15 is 0 Å².